The first-order valence-electron chi connectivity index (χ1n) is 9.53. The van der Waals surface area contributed by atoms with Gasteiger partial charge in [0.15, 0.2) is 0 Å². The highest BCUT2D eigenvalue weighted by Gasteiger charge is 2.15. The summed E-state index contributed by atoms with van der Waals surface area (Å²) >= 11 is 1.67. The maximum Gasteiger partial charge on any atom is 0.251 e. The molecule has 1 heterocycles. The van der Waals surface area contributed by atoms with Crippen LogP contribution in [0.15, 0.2) is 42.5 Å². The fourth-order valence-corrected chi connectivity index (χ4v) is 3.70. The van der Waals surface area contributed by atoms with E-state index in [9.17, 15) is 9.59 Å². The van der Waals surface area contributed by atoms with Crippen molar-refractivity contribution < 1.29 is 9.59 Å². The molecule has 7 heteroatoms. The molecule has 0 spiro atoms. The third kappa shape index (κ3) is 4.98. The molecule has 2 aromatic carbocycles. The number of aromatic nitrogens is 2. The van der Waals surface area contributed by atoms with Gasteiger partial charge in [-0.25, -0.2) is 4.98 Å². The van der Waals surface area contributed by atoms with Crippen molar-refractivity contribution in [2.45, 2.75) is 39.1 Å². The molecule has 3 aromatic rings. The number of hydrogen-bond donors (Lipinski definition) is 2. The van der Waals surface area contributed by atoms with Gasteiger partial charge in [0, 0.05) is 17.3 Å². The van der Waals surface area contributed by atoms with Crippen molar-refractivity contribution >= 4 is 40.3 Å². The zero-order valence-electron chi connectivity index (χ0n) is 17.2. The highest BCUT2D eigenvalue weighted by atomic mass is 32.2. The fourth-order valence-electron chi connectivity index (χ4n) is 3.22. The molecule has 1 aromatic heterocycles. The van der Waals surface area contributed by atoms with E-state index in [4.69, 9.17) is 0 Å². The molecule has 0 saturated heterocycles. The maximum absolute atomic E-state index is 12.7. The molecule has 152 valence electrons. The molecule has 0 radical (unpaired) electrons. The maximum atomic E-state index is 12.7. The highest BCUT2D eigenvalue weighted by molar-refractivity contribution is 7.97. The number of thioether (sulfide) groups is 1. The van der Waals surface area contributed by atoms with E-state index in [-0.39, 0.29) is 24.4 Å². The highest BCUT2D eigenvalue weighted by Crippen LogP contribution is 2.20. The Kier molecular flexibility index (Phi) is 6.59. The third-order valence-electron chi connectivity index (χ3n) is 4.48. The summed E-state index contributed by atoms with van der Waals surface area (Å²) < 4.78 is 1.96. The molecule has 0 fully saturated rings. The molecular formula is C22H26N4O2S. The zero-order chi connectivity index (χ0) is 21.0. The molecule has 6 nitrogen and oxygen atoms in total. The number of benzene rings is 2. The van der Waals surface area contributed by atoms with Crippen LogP contribution in [0, 0.1) is 6.92 Å². The molecule has 0 aliphatic heterocycles. The summed E-state index contributed by atoms with van der Waals surface area (Å²) in [7, 11) is 0. The van der Waals surface area contributed by atoms with E-state index in [2.05, 4.69) is 15.6 Å². The molecule has 3 rings (SSSR count). The standard InChI is InChI=1S/C22H26N4O2S/c1-14(2)23-22(28)17-10-9-16(11-15(17)3)24-21(27)12-26-19-8-6-5-7-18(19)25-20(26)13-29-4/h5-11,14H,12-13H2,1-4H3,(H,23,28)(H,24,27). The zero-order valence-corrected chi connectivity index (χ0v) is 18.0. The van der Waals surface area contributed by atoms with Crippen LogP contribution in [-0.2, 0) is 17.1 Å². The van der Waals surface area contributed by atoms with Crippen LogP contribution in [-0.4, -0.2) is 33.7 Å². The molecule has 29 heavy (non-hydrogen) atoms. The smallest absolute Gasteiger partial charge is 0.251 e. The summed E-state index contributed by atoms with van der Waals surface area (Å²) in [6, 6.07) is 13.2. The van der Waals surface area contributed by atoms with Gasteiger partial charge in [0.25, 0.3) is 5.91 Å². The Morgan fingerprint density at radius 1 is 1.17 bits per heavy atom. The van der Waals surface area contributed by atoms with Crippen LogP contribution in [0.1, 0.15) is 35.6 Å². The summed E-state index contributed by atoms with van der Waals surface area (Å²) in [5.74, 6) is 1.38. The molecule has 2 N–H and O–H groups in total. The molecular weight excluding hydrogens is 384 g/mol. The van der Waals surface area contributed by atoms with Crippen molar-refractivity contribution in [1.82, 2.24) is 14.9 Å². The predicted molar refractivity (Wildman–Crippen MR) is 119 cm³/mol. The molecule has 0 unspecified atom stereocenters. The first-order valence-corrected chi connectivity index (χ1v) is 10.9. The topological polar surface area (TPSA) is 76.0 Å². The second kappa shape index (κ2) is 9.13. The first kappa shape index (κ1) is 20.9. The molecule has 0 aliphatic carbocycles. The summed E-state index contributed by atoms with van der Waals surface area (Å²) in [6.45, 7) is 5.90. The summed E-state index contributed by atoms with van der Waals surface area (Å²) in [5, 5.41) is 5.82. The number of fused-ring (bicyclic) bond motifs is 1. The van der Waals surface area contributed by atoms with Crippen LogP contribution in [0.3, 0.4) is 0 Å². The van der Waals surface area contributed by atoms with Crippen molar-refractivity contribution in [1.29, 1.82) is 0 Å². The number of aryl methyl sites for hydroxylation is 1. The van der Waals surface area contributed by atoms with Gasteiger partial charge in [0.05, 0.1) is 16.8 Å². The molecule has 0 bridgehead atoms. The quantitative estimate of drug-likeness (QED) is 0.618. The van der Waals surface area contributed by atoms with Crippen LogP contribution in [0.5, 0.6) is 0 Å². The summed E-state index contributed by atoms with van der Waals surface area (Å²) in [4.78, 5) is 29.6. The predicted octanol–water partition coefficient (Wildman–Crippen LogP) is 3.98. The van der Waals surface area contributed by atoms with Gasteiger partial charge >= 0.3 is 0 Å². The number of nitrogens with one attached hydrogen (secondary N) is 2. The Bertz CT molecular complexity index is 1040. The van der Waals surface area contributed by atoms with Gasteiger partial charge in [-0.2, -0.15) is 11.8 Å². The lowest BCUT2D eigenvalue weighted by molar-refractivity contribution is -0.116. The Labute approximate surface area is 175 Å². The average Bonchev–Trinajstić information content (AvgIpc) is 2.99. The Hall–Kier alpha value is -2.80. The van der Waals surface area contributed by atoms with Gasteiger partial charge in [-0.3, -0.25) is 9.59 Å². The van der Waals surface area contributed by atoms with E-state index in [0.29, 0.717) is 11.3 Å². The van der Waals surface area contributed by atoms with Crippen LogP contribution < -0.4 is 10.6 Å². The van der Waals surface area contributed by atoms with Crippen LogP contribution in [0.25, 0.3) is 11.0 Å². The minimum absolute atomic E-state index is 0.0711. The van der Waals surface area contributed by atoms with E-state index in [0.717, 1.165) is 28.2 Å². The number of imidazole rings is 1. The van der Waals surface area contributed by atoms with Crippen LogP contribution >= 0.6 is 11.8 Å². The molecule has 2 amide bonds. The number of nitrogens with zero attached hydrogens (tertiary/aromatic N) is 2. The molecule has 0 aliphatic rings. The Morgan fingerprint density at radius 3 is 2.62 bits per heavy atom. The van der Waals surface area contributed by atoms with Crippen molar-refractivity contribution in [3.05, 3.63) is 59.4 Å². The number of carbonyl (C=O) groups is 2. The summed E-state index contributed by atoms with van der Waals surface area (Å²) in [5.41, 5.74) is 3.94. The Morgan fingerprint density at radius 2 is 1.93 bits per heavy atom. The number of anilines is 1. The van der Waals surface area contributed by atoms with E-state index in [1.807, 2.05) is 61.9 Å². The van der Waals surface area contributed by atoms with Crippen molar-refractivity contribution in [2.75, 3.05) is 11.6 Å². The molecule has 0 saturated carbocycles. The number of amides is 2. The van der Waals surface area contributed by atoms with E-state index >= 15 is 0 Å². The Balaban J connectivity index is 1.76. The second-order valence-electron chi connectivity index (χ2n) is 7.24. The second-order valence-corrected chi connectivity index (χ2v) is 8.11. The first-order chi connectivity index (χ1) is 13.9. The minimum atomic E-state index is -0.130. The SMILES string of the molecule is CSCc1nc2ccccc2n1CC(=O)Nc1ccc(C(=O)NC(C)C)c(C)c1. The largest absolute Gasteiger partial charge is 0.350 e. The van der Waals surface area contributed by atoms with Gasteiger partial charge < -0.3 is 15.2 Å². The van der Waals surface area contributed by atoms with Gasteiger partial charge in [0.2, 0.25) is 5.91 Å². The number of rotatable bonds is 7. The number of para-hydroxylation sites is 2. The minimum Gasteiger partial charge on any atom is -0.350 e. The van der Waals surface area contributed by atoms with Crippen molar-refractivity contribution in [3.63, 3.8) is 0 Å². The van der Waals surface area contributed by atoms with Gasteiger partial charge in [0.1, 0.15) is 12.4 Å². The van der Waals surface area contributed by atoms with Crippen molar-refractivity contribution in [3.8, 4) is 0 Å². The van der Waals surface area contributed by atoms with Crippen LogP contribution in [0.2, 0.25) is 0 Å². The average molecular weight is 411 g/mol. The summed E-state index contributed by atoms with van der Waals surface area (Å²) in [6.07, 6.45) is 2.02. The lowest BCUT2D eigenvalue weighted by Crippen LogP contribution is -2.30. The van der Waals surface area contributed by atoms with Crippen molar-refractivity contribution in [2.24, 2.45) is 0 Å². The van der Waals surface area contributed by atoms with E-state index in [1.54, 1.807) is 23.9 Å². The number of carbonyl (C=O) groups excluding carboxylic acids is 2. The third-order valence-corrected chi connectivity index (χ3v) is 5.03. The van der Waals surface area contributed by atoms with Gasteiger partial charge in [-0.15, -0.1) is 0 Å². The monoisotopic (exact) mass is 410 g/mol. The van der Waals surface area contributed by atoms with E-state index < -0.39 is 0 Å². The van der Waals surface area contributed by atoms with Gasteiger partial charge in [-0.1, -0.05) is 12.1 Å². The van der Waals surface area contributed by atoms with Gasteiger partial charge in [-0.05, 0) is 62.9 Å². The lowest BCUT2D eigenvalue weighted by Gasteiger charge is -2.13. The molecule has 0 atom stereocenters. The normalized spacial score (nSPS) is 11.1. The lowest BCUT2D eigenvalue weighted by atomic mass is 10.1. The fraction of sp³-hybridized carbons (Fsp3) is 0.318. The number of hydrogen-bond acceptors (Lipinski definition) is 4. The van der Waals surface area contributed by atoms with Crippen LogP contribution in [0.4, 0.5) is 5.69 Å². The van der Waals surface area contributed by atoms with E-state index in [1.165, 1.54) is 0 Å².